The Morgan fingerprint density at radius 3 is 2.42 bits per heavy atom. The van der Waals surface area contributed by atoms with E-state index in [1.807, 2.05) is 0 Å². The Balaban J connectivity index is 1.88. The molecule has 1 saturated heterocycles. The van der Waals surface area contributed by atoms with Crippen molar-refractivity contribution >= 4 is 0 Å². The van der Waals surface area contributed by atoms with Crippen LogP contribution in [0, 0.1) is 0 Å². The molecule has 0 amide bonds. The number of ether oxygens (including phenoxy) is 1. The van der Waals surface area contributed by atoms with E-state index in [0.29, 0.717) is 12.1 Å². The van der Waals surface area contributed by atoms with Gasteiger partial charge in [-0.15, -0.1) is 0 Å². The molecule has 0 bridgehead atoms. The van der Waals surface area contributed by atoms with Gasteiger partial charge < -0.3 is 15.0 Å². The number of rotatable bonds is 10. The van der Waals surface area contributed by atoms with Crippen molar-refractivity contribution in [3.8, 4) is 0 Å². The Morgan fingerprint density at radius 2 is 1.79 bits per heavy atom. The third kappa shape index (κ3) is 8.61. The number of nitrogens with one attached hydrogen (secondary N) is 1. The topological polar surface area (TPSA) is 24.5 Å². The zero-order valence-corrected chi connectivity index (χ0v) is 13.3. The molecule has 1 aliphatic rings. The molecule has 0 radical (unpaired) electrons. The number of piperidine rings is 1. The van der Waals surface area contributed by atoms with Gasteiger partial charge in [0, 0.05) is 25.7 Å². The lowest BCUT2D eigenvalue weighted by atomic mass is 10.1. The van der Waals surface area contributed by atoms with Gasteiger partial charge in [0.2, 0.25) is 0 Å². The molecule has 0 spiro atoms. The van der Waals surface area contributed by atoms with Crippen LogP contribution in [-0.4, -0.2) is 49.8 Å². The molecule has 0 aromatic carbocycles. The average molecular weight is 270 g/mol. The van der Waals surface area contributed by atoms with Gasteiger partial charge in [0.1, 0.15) is 0 Å². The van der Waals surface area contributed by atoms with E-state index in [4.69, 9.17) is 4.74 Å². The molecule has 114 valence electrons. The quantitative estimate of drug-likeness (QED) is 0.618. The van der Waals surface area contributed by atoms with Crippen LogP contribution in [0.1, 0.15) is 59.3 Å². The summed E-state index contributed by atoms with van der Waals surface area (Å²) in [6.07, 6.45) is 8.42. The number of hydrogen-bond donors (Lipinski definition) is 1. The van der Waals surface area contributed by atoms with Gasteiger partial charge in [0.25, 0.3) is 0 Å². The Hall–Kier alpha value is -0.120. The van der Waals surface area contributed by atoms with Gasteiger partial charge in [-0.05, 0) is 45.7 Å². The van der Waals surface area contributed by atoms with Crippen molar-refractivity contribution in [3.05, 3.63) is 0 Å². The summed E-state index contributed by atoms with van der Waals surface area (Å²) in [5, 5.41) is 3.48. The SMILES string of the molecule is CCOC1CCN(CCCCCCNC(C)C)CC1. The third-order valence-corrected chi connectivity index (χ3v) is 3.89. The molecule has 0 saturated carbocycles. The van der Waals surface area contributed by atoms with Crippen LogP contribution in [0.2, 0.25) is 0 Å². The van der Waals surface area contributed by atoms with Crippen LogP contribution < -0.4 is 5.32 Å². The second-order valence-electron chi connectivity index (χ2n) is 6.02. The van der Waals surface area contributed by atoms with Gasteiger partial charge in [0.05, 0.1) is 6.10 Å². The van der Waals surface area contributed by atoms with Crippen LogP contribution in [0.4, 0.5) is 0 Å². The zero-order chi connectivity index (χ0) is 13.9. The number of likely N-dealkylation sites (tertiary alicyclic amines) is 1. The molecule has 0 aromatic rings. The van der Waals surface area contributed by atoms with Crippen LogP contribution in [0.3, 0.4) is 0 Å². The second-order valence-corrected chi connectivity index (χ2v) is 6.02. The minimum absolute atomic E-state index is 0.531. The van der Waals surface area contributed by atoms with E-state index in [1.165, 1.54) is 64.7 Å². The summed E-state index contributed by atoms with van der Waals surface area (Å²) < 4.78 is 5.69. The van der Waals surface area contributed by atoms with Crippen molar-refractivity contribution in [2.75, 3.05) is 32.8 Å². The fourth-order valence-corrected chi connectivity index (χ4v) is 2.74. The molecule has 1 rings (SSSR count). The van der Waals surface area contributed by atoms with Crippen LogP contribution >= 0.6 is 0 Å². The Labute approximate surface area is 120 Å². The van der Waals surface area contributed by atoms with Crippen LogP contribution in [0.15, 0.2) is 0 Å². The highest BCUT2D eigenvalue weighted by Gasteiger charge is 2.18. The Kier molecular flexibility index (Phi) is 9.48. The van der Waals surface area contributed by atoms with Gasteiger partial charge in [-0.25, -0.2) is 0 Å². The highest BCUT2D eigenvalue weighted by atomic mass is 16.5. The maximum Gasteiger partial charge on any atom is 0.0599 e. The largest absolute Gasteiger partial charge is 0.378 e. The fourth-order valence-electron chi connectivity index (χ4n) is 2.74. The van der Waals surface area contributed by atoms with E-state index in [-0.39, 0.29) is 0 Å². The summed E-state index contributed by atoms with van der Waals surface area (Å²) in [4.78, 5) is 2.61. The lowest BCUT2D eigenvalue weighted by Gasteiger charge is -2.31. The highest BCUT2D eigenvalue weighted by Crippen LogP contribution is 2.14. The predicted octanol–water partition coefficient (Wildman–Crippen LogP) is 3.05. The molecule has 0 unspecified atom stereocenters. The summed E-state index contributed by atoms with van der Waals surface area (Å²) in [5.41, 5.74) is 0. The van der Waals surface area contributed by atoms with Crippen LogP contribution in [0.25, 0.3) is 0 Å². The Morgan fingerprint density at radius 1 is 1.11 bits per heavy atom. The van der Waals surface area contributed by atoms with E-state index >= 15 is 0 Å². The number of nitrogens with zero attached hydrogens (tertiary/aromatic N) is 1. The molecule has 19 heavy (non-hydrogen) atoms. The molecular weight excluding hydrogens is 236 g/mol. The van der Waals surface area contributed by atoms with E-state index in [2.05, 4.69) is 31.0 Å². The third-order valence-electron chi connectivity index (χ3n) is 3.89. The van der Waals surface area contributed by atoms with Crippen LogP contribution in [0.5, 0.6) is 0 Å². The van der Waals surface area contributed by atoms with E-state index in [9.17, 15) is 0 Å². The van der Waals surface area contributed by atoms with Crippen molar-refractivity contribution in [2.24, 2.45) is 0 Å². The maximum atomic E-state index is 5.69. The van der Waals surface area contributed by atoms with E-state index in [1.54, 1.807) is 0 Å². The molecule has 3 nitrogen and oxygen atoms in total. The smallest absolute Gasteiger partial charge is 0.0599 e. The van der Waals surface area contributed by atoms with Crippen molar-refractivity contribution in [3.63, 3.8) is 0 Å². The molecule has 0 aromatic heterocycles. The van der Waals surface area contributed by atoms with Gasteiger partial charge in [-0.1, -0.05) is 26.7 Å². The first kappa shape index (κ1) is 16.9. The molecule has 0 aliphatic carbocycles. The minimum atomic E-state index is 0.531. The second kappa shape index (κ2) is 10.6. The van der Waals surface area contributed by atoms with Crippen molar-refractivity contribution in [1.82, 2.24) is 10.2 Å². The minimum Gasteiger partial charge on any atom is -0.378 e. The lowest BCUT2D eigenvalue weighted by Crippen LogP contribution is -2.37. The normalized spacial score (nSPS) is 18.3. The monoisotopic (exact) mass is 270 g/mol. The lowest BCUT2D eigenvalue weighted by molar-refractivity contribution is 0.0140. The number of hydrogen-bond acceptors (Lipinski definition) is 3. The van der Waals surface area contributed by atoms with Crippen molar-refractivity contribution in [1.29, 1.82) is 0 Å². The van der Waals surface area contributed by atoms with E-state index in [0.717, 1.165) is 6.61 Å². The summed E-state index contributed by atoms with van der Waals surface area (Å²) in [6, 6.07) is 0.631. The summed E-state index contributed by atoms with van der Waals surface area (Å²) in [7, 11) is 0. The van der Waals surface area contributed by atoms with Gasteiger partial charge >= 0.3 is 0 Å². The first-order valence-corrected chi connectivity index (χ1v) is 8.29. The molecular formula is C16H34N2O. The fraction of sp³-hybridized carbons (Fsp3) is 1.00. The van der Waals surface area contributed by atoms with Crippen molar-refractivity contribution < 1.29 is 4.74 Å². The number of unbranched alkanes of at least 4 members (excludes halogenated alkanes) is 3. The summed E-state index contributed by atoms with van der Waals surface area (Å²) >= 11 is 0. The van der Waals surface area contributed by atoms with Gasteiger partial charge in [-0.2, -0.15) is 0 Å². The summed E-state index contributed by atoms with van der Waals surface area (Å²) in [5.74, 6) is 0. The maximum absolute atomic E-state index is 5.69. The first-order chi connectivity index (χ1) is 9.22. The first-order valence-electron chi connectivity index (χ1n) is 8.29. The molecule has 1 N–H and O–H groups in total. The highest BCUT2D eigenvalue weighted by molar-refractivity contribution is 4.72. The summed E-state index contributed by atoms with van der Waals surface area (Å²) in [6.45, 7) is 12.3. The van der Waals surface area contributed by atoms with Crippen molar-refractivity contribution in [2.45, 2.75) is 71.4 Å². The predicted molar refractivity (Wildman–Crippen MR) is 82.7 cm³/mol. The van der Waals surface area contributed by atoms with Crippen LogP contribution in [-0.2, 0) is 4.74 Å². The average Bonchev–Trinajstić information content (AvgIpc) is 2.39. The standard InChI is InChI=1S/C16H34N2O/c1-4-19-16-9-13-18(14-10-16)12-8-6-5-7-11-17-15(2)3/h15-17H,4-14H2,1-3H3. The molecule has 1 heterocycles. The van der Waals surface area contributed by atoms with Gasteiger partial charge in [0.15, 0.2) is 0 Å². The van der Waals surface area contributed by atoms with E-state index < -0.39 is 0 Å². The molecule has 0 atom stereocenters. The Bertz CT molecular complexity index is 201. The molecule has 1 aliphatic heterocycles. The van der Waals surface area contributed by atoms with Gasteiger partial charge in [-0.3, -0.25) is 0 Å². The molecule has 3 heteroatoms. The zero-order valence-electron chi connectivity index (χ0n) is 13.3. The molecule has 1 fully saturated rings.